The van der Waals surface area contributed by atoms with Gasteiger partial charge in [0.25, 0.3) is 0 Å². The summed E-state index contributed by atoms with van der Waals surface area (Å²) in [4.78, 5) is 24.4. The second kappa shape index (κ2) is 6.52. The molecule has 1 aliphatic rings. The minimum absolute atomic E-state index is 0.0647. The van der Waals surface area contributed by atoms with E-state index in [1.165, 1.54) is 4.90 Å². The fraction of sp³-hybridized carbons (Fsp3) is 0.467. The predicted octanol–water partition coefficient (Wildman–Crippen LogP) is 1.41. The number of aliphatic carboxylic acids is 1. The maximum atomic E-state index is 12.2. The minimum atomic E-state index is -0.963. The molecule has 0 aliphatic carbocycles. The zero-order valence-corrected chi connectivity index (χ0v) is 11.6. The standard InChI is InChI=1S/C15H20N2O3/c1-11(12-6-3-2-4-7-12)16-13-8-5-9-17(15(13)20)10-14(18)19/h2-4,6-7,11,13,16H,5,8-10H2,1H3,(H,18,19)/t11?,13-/m0/s1. The second-order valence-electron chi connectivity index (χ2n) is 5.15. The molecule has 0 saturated carbocycles. The van der Waals surface area contributed by atoms with E-state index in [4.69, 9.17) is 5.11 Å². The van der Waals surface area contributed by atoms with Gasteiger partial charge < -0.3 is 10.0 Å². The lowest BCUT2D eigenvalue weighted by Crippen LogP contribution is -2.52. The molecule has 1 fully saturated rings. The third-order valence-electron chi connectivity index (χ3n) is 3.61. The Morgan fingerprint density at radius 1 is 1.45 bits per heavy atom. The Kier molecular flexibility index (Phi) is 4.74. The second-order valence-corrected chi connectivity index (χ2v) is 5.15. The van der Waals surface area contributed by atoms with Crippen molar-refractivity contribution in [2.45, 2.75) is 31.8 Å². The zero-order chi connectivity index (χ0) is 14.5. The summed E-state index contributed by atoms with van der Waals surface area (Å²) in [5, 5.41) is 12.1. The van der Waals surface area contributed by atoms with E-state index in [1.54, 1.807) is 0 Å². The van der Waals surface area contributed by atoms with Crippen molar-refractivity contribution < 1.29 is 14.7 Å². The highest BCUT2D eigenvalue weighted by molar-refractivity contribution is 5.86. The molecule has 1 amide bonds. The van der Waals surface area contributed by atoms with Crippen molar-refractivity contribution in [2.75, 3.05) is 13.1 Å². The molecule has 1 aromatic rings. The number of carbonyl (C=O) groups excluding carboxylic acids is 1. The van der Waals surface area contributed by atoms with Gasteiger partial charge in [-0.15, -0.1) is 0 Å². The Bertz CT molecular complexity index is 475. The molecule has 20 heavy (non-hydrogen) atoms. The molecule has 1 heterocycles. The van der Waals surface area contributed by atoms with Gasteiger partial charge in [-0.2, -0.15) is 0 Å². The Morgan fingerprint density at radius 2 is 2.15 bits per heavy atom. The Labute approximate surface area is 118 Å². The van der Waals surface area contributed by atoms with Gasteiger partial charge in [-0.05, 0) is 25.3 Å². The van der Waals surface area contributed by atoms with E-state index in [2.05, 4.69) is 5.32 Å². The van der Waals surface area contributed by atoms with Crippen LogP contribution in [0.3, 0.4) is 0 Å². The molecule has 2 rings (SSSR count). The maximum Gasteiger partial charge on any atom is 0.323 e. The van der Waals surface area contributed by atoms with Crippen LogP contribution in [0.15, 0.2) is 30.3 Å². The molecular formula is C15H20N2O3. The largest absolute Gasteiger partial charge is 0.480 e. The van der Waals surface area contributed by atoms with E-state index in [0.717, 1.165) is 18.4 Å². The van der Waals surface area contributed by atoms with E-state index in [-0.39, 0.29) is 24.5 Å². The molecule has 0 bridgehead atoms. The number of nitrogens with zero attached hydrogens (tertiary/aromatic N) is 1. The average Bonchev–Trinajstić information content (AvgIpc) is 2.43. The number of hydrogen-bond donors (Lipinski definition) is 2. The SMILES string of the molecule is CC(N[C@H]1CCCN(CC(=O)O)C1=O)c1ccccc1. The van der Waals surface area contributed by atoms with Crippen LogP contribution < -0.4 is 5.32 Å². The lowest BCUT2D eigenvalue weighted by molar-refractivity contribution is -0.146. The van der Waals surface area contributed by atoms with Gasteiger partial charge in [-0.25, -0.2) is 0 Å². The topological polar surface area (TPSA) is 69.6 Å². The lowest BCUT2D eigenvalue weighted by Gasteiger charge is -2.33. The first-order valence-corrected chi connectivity index (χ1v) is 6.89. The first kappa shape index (κ1) is 14.5. The Morgan fingerprint density at radius 3 is 2.80 bits per heavy atom. The number of hydrogen-bond acceptors (Lipinski definition) is 3. The van der Waals surface area contributed by atoms with Gasteiger partial charge >= 0.3 is 5.97 Å². The number of carboxylic acids is 1. The average molecular weight is 276 g/mol. The first-order valence-electron chi connectivity index (χ1n) is 6.89. The molecule has 0 spiro atoms. The monoisotopic (exact) mass is 276 g/mol. The predicted molar refractivity (Wildman–Crippen MR) is 75.2 cm³/mol. The summed E-state index contributed by atoms with van der Waals surface area (Å²) in [5.74, 6) is -1.07. The van der Waals surface area contributed by atoms with Gasteiger partial charge in [0.15, 0.2) is 0 Å². The molecule has 2 N–H and O–H groups in total. The van der Waals surface area contributed by atoms with E-state index in [0.29, 0.717) is 6.54 Å². The van der Waals surface area contributed by atoms with Crippen molar-refractivity contribution >= 4 is 11.9 Å². The maximum absolute atomic E-state index is 12.2. The Balaban J connectivity index is 1.98. The molecular weight excluding hydrogens is 256 g/mol. The molecule has 5 heteroatoms. The van der Waals surface area contributed by atoms with Crippen molar-refractivity contribution in [3.63, 3.8) is 0 Å². The van der Waals surface area contributed by atoms with Gasteiger partial charge in [-0.3, -0.25) is 14.9 Å². The van der Waals surface area contributed by atoms with Crippen LogP contribution in [0, 0.1) is 0 Å². The first-order chi connectivity index (χ1) is 9.58. The summed E-state index contributed by atoms with van der Waals surface area (Å²) in [6.07, 6.45) is 1.59. The van der Waals surface area contributed by atoms with E-state index < -0.39 is 5.97 Å². The number of amides is 1. The van der Waals surface area contributed by atoms with Gasteiger partial charge in [-0.1, -0.05) is 30.3 Å². The number of carbonyl (C=O) groups is 2. The summed E-state index contributed by atoms with van der Waals surface area (Å²) < 4.78 is 0. The van der Waals surface area contributed by atoms with Gasteiger partial charge in [0.05, 0.1) is 6.04 Å². The third kappa shape index (κ3) is 3.57. The highest BCUT2D eigenvalue weighted by Crippen LogP contribution is 2.17. The summed E-state index contributed by atoms with van der Waals surface area (Å²) in [5.41, 5.74) is 1.12. The quantitative estimate of drug-likeness (QED) is 0.853. The van der Waals surface area contributed by atoms with Crippen LogP contribution in [0.4, 0.5) is 0 Å². The van der Waals surface area contributed by atoms with Gasteiger partial charge in [0.2, 0.25) is 5.91 Å². The van der Waals surface area contributed by atoms with Crippen molar-refractivity contribution in [1.82, 2.24) is 10.2 Å². The van der Waals surface area contributed by atoms with Crippen molar-refractivity contribution in [2.24, 2.45) is 0 Å². The minimum Gasteiger partial charge on any atom is -0.480 e. The third-order valence-corrected chi connectivity index (χ3v) is 3.61. The molecule has 1 saturated heterocycles. The molecule has 5 nitrogen and oxygen atoms in total. The molecule has 1 unspecified atom stereocenters. The van der Waals surface area contributed by atoms with Gasteiger partial charge in [0.1, 0.15) is 6.54 Å². The van der Waals surface area contributed by atoms with Crippen molar-refractivity contribution in [3.8, 4) is 0 Å². The fourth-order valence-corrected chi connectivity index (χ4v) is 2.55. The normalized spacial score (nSPS) is 20.8. The van der Waals surface area contributed by atoms with Crippen LogP contribution >= 0.6 is 0 Å². The molecule has 1 aliphatic heterocycles. The number of nitrogens with one attached hydrogen (secondary N) is 1. The number of benzene rings is 1. The molecule has 0 radical (unpaired) electrons. The van der Waals surface area contributed by atoms with Crippen LogP contribution in [0.25, 0.3) is 0 Å². The summed E-state index contributed by atoms with van der Waals surface area (Å²) in [6.45, 7) is 2.33. The number of rotatable bonds is 5. The Hall–Kier alpha value is -1.88. The van der Waals surface area contributed by atoms with Crippen LogP contribution in [0.5, 0.6) is 0 Å². The lowest BCUT2D eigenvalue weighted by atomic mass is 10.0. The highest BCUT2D eigenvalue weighted by atomic mass is 16.4. The number of carboxylic acid groups (broad SMARTS) is 1. The van der Waals surface area contributed by atoms with E-state index in [1.807, 2.05) is 37.3 Å². The molecule has 108 valence electrons. The van der Waals surface area contributed by atoms with E-state index >= 15 is 0 Å². The molecule has 1 aromatic carbocycles. The van der Waals surface area contributed by atoms with Crippen LogP contribution in [-0.2, 0) is 9.59 Å². The van der Waals surface area contributed by atoms with Gasteiger partial charge in [0, 0.05) is 12.6 Å². The summed E-state index contributed by atoms with van der Waals surface area (Å²) >= 11 is 0. The number of piperidine rings is 1. The highest BCUT2D eigenvalue weighted by Gasteiger charge is 2.30. The smallest absolute Gasteiger partial charge is 0.323 e. The summed E-state index contributed by atoms with van der Waals surface area (Å²) in [6, 6.07) is 9.68. The fourth-order valence-electron chi connectivity index (χ4n) is 2.55. The van der Waals surface area contributed by atoms with Crippen LogP contribution in [0.1, 0.15) is 31.4 Å². The van der Waals surface area contributed by atoms with Crippen LogP contribution in [-0.4, -0.2) is 41.0 Å². The van der Waals surface area contributed by atoms with Crippen LogP contribution in [0.2, 0.25) is 0 Å². The van der Waals surface area contributed by atoms with E-state index in [9.17, 15) is 9.59 Å². The number of likely N-dealkylation sites (tertiary alicyclic amines) is 1. The molecule has 2 atom stereocenters. The summed E-state index contributed by atoms with van der Waals surface area (Å²) in [7, 11) is 0. The van der Waals surface area contributed by atoms with Crippen molar-refractivity contribution in [1.29, 1.82) is 0 Å². The zero-order valence-electron chi connectivity index (χ0n) is 11.6. The van der Waals surface area contributed by atoms with Crippen molar-refractivity contribution in [3.05, 3.63) is 35.9 Å². The molecule has 0 aromatic heterocycles.